The molecular formula is C22H27N5O3. The number of nitrogens with zero attached hydrogens (tertiary/aromatic N) is 4. The molecule has 1 fully saturated rings. The number of hydrogen-bond acceptors (Lipinski definition) is 8. The fraction of sp³-hybridized carbons (Fsp3) is 0.409. The number of benzene rings is 1. The average Bonchev–Trinajstić information content (AvgIpc) is 2.82. The molecule has 3 heterocycles. The maximum Gasteiger partial charge on any atom is 0.163 e. The molecular weight excluding hydrogens is 382 g/mol. The summed E-state index contributed by atoms with van der Waals surface area (Å²) >= 11 is 0. The summed E-state index contributed by atoms with van der Waals surface area (Å²) in [6.45, 7) is 6.10. The molecule has 8 nitrogen and oxygen atoms in total. The van der Waals surface area contributed by atoms with Gasteiger partial charge in [-0.25, -0.2) is 15.0 Å². The van der Waals surface area contributed by atoms with Crippen molar-refractivity contribution in [3.8, 4) is 22.9 Å². The molecule has 1 saturated heterocycles. The molecule has 158 valence electrons. The molecule has 30 heavy (non-hydrogen) atoms. The molecule has 0 unspecified atom stereocenters. The van der Waals surface area contributed by atoms with Crippen molar-refractivity contribution in [2.75, 3.05) is 57.3 Å². The van der Waals surface area contributed by atoms with Crippen LogP contribution in [0.1, 0.15) is 13.3 Å². The van der Waals surface area contributed by atoms with Crippen LogP contribution >= 0.6 is 0 Å². The minimum absolute atomic E-state index is 0.620. The van der Waals surface area contributed by atoms with E-state index in [1.165, 1.54) is 0 Å². The normalized spacial score (nSPS) is 14.0. The van der Waals surface area contributed by atoms with Gasteiger partial charge in [-0.05, 0) is 24.6 Å². The van der Waals surface area contributed by atoms with E-state index < -0.39 is 0 Å². The SMILES string of the molecule is CCCNc1nc(-c2ccc(N3CCOCC3)nc2)nc2cc(OC)c(OC)cc12. The fourth-order valence-electron chi connectivity index (χ4n) is 3.46. The number of fused-ring (bicyclic) bond motifs is 1. The molecule has 1 aliphatic rings. The quantitative estimate of drug-likeness (QED) is 0.636. The monoisotopic (exact) mass is 409 g/mol. The number of pyridine rings is 1. The van der Waals surface area contributed by atoms with Gasteiger partial charge in [0, 0.05) is 42.8 Å². The van der Waals surface area contributed by atoms with Gasteiger partial charge in [0.1, 0.15) is 11.6 Å². The second-order valence-electron chi connectivity index (χ2n) is 7.05. The third-order valence-corrected chi connectivity index (χ3v) is 5.08. The lowest BCUT2D eigenvalue weighted by molar-refractivity contribution is 0.122. The highest BCUT2D eigenvalue weighted by molar-refractivity contribution is 5.93. The molecule has 0 radical (unpaired) electrons. The number of nitrogens with one attached hydrogen (secondary N) is 1. The minimum atomic E-state index is 0.620. The van der Waals surface area contributed by atoms with Gasteiger partial charge in [-0.3, -0.25) is 0 Å². The highest BCUT2D eigenvalue weighted by atomic mass is 16.5. The Hall–Kier alpha value is -3.13. The van der Waals surface area contributed by atoms with E-state index in [1.807, 2.05) is 30.5 Å². The van der Waals surface area contributed by atoms with Crippen molar-refractivity contribution in [3.63, 3.8) is 0 Å². The van der Waals surface area contributed by atoms with Gasteiger partial charge in [0.25, 0.3) is 0 Å². The zero-order chi connectivity index (χ0) is 20.9. The van der Waals surface area contributed by atoms with Crippen molar-refractivity contribution >= 4 is 22.5 Å². The van der Waals surface area contributed by atoms with Crippen molar-refractivity contribution in [3.05, 3.63) is 30.5 Å². The summed E-state index contributed by atoms with van der Waals surface area (Å²) in [7, 11) is 3.25. The summed E-state index contributed by atoms with van der Waals surface area (Å²) in [5.74, 6) is 3.62. The highest BCUT2D eigenvalue weighted by Gasteiger charge is 2.16. The van der Waals surface area contributed by atoms with E-state index in [0.29, 0.717) is 17.3 Å². The maximum atomic E-state index is 5.46. The number of methoxy groups -OCH3 is 2. The summed E-state index contributed by atoms with van der Waals surface area (Å²) in [5.41, 5.74) is 1.65. The van der Waals surface area contributed by atoms with Crippen LogP contribution in [0.25, 0.3) is 22.3 Å². The molecule has 0 saturated carbocycles. The number of anilines is 2. The van der Waals surface area contributed by atoms with Crippen molar-refractivity contribution in [2.45, 2.75) is 13.3 Å². The molecule has 4 rings (SSSR count). The van der Waals surface area contributed by atoms with Crippen LogP contribution < -0.4 is 19.7 Å². The second-order valence-corrected chi connectivity index (χ2v) is 7.05. The van der Waals surface area contributed by atoms with E-state index in [-0.39, 0.29) is 0 Å². The Kier molecular flexibility index (Phi) is 6.13. The fourth-order valence-corrected chi connectivity index (χ4v) is 3.46. The van der Waals surface area contributed by atoms with Gasteiger partial charge in [0.2, 0.25) is 0 Å². The van der Waals surface area contributed by atoms with Crippen molar-refractivity contribution in [1.29, 1.82) is 0 Å². The van der Waals surface area contributed by atoms with E-state index in [4.69, 9.17) is 24.2 Å². The second kappa shape index (κ2) is 9.13. The largest absolute Gasteiger partial charge is 0.493 e. The molecule has 8 heteroatoms. The first-order chi connectivity index (χ1) is 14.7. The lowest BCUT2D eigenvalue weighted by atomic mass is 10.1. The van der Waals surface area contributed by atoms with Gasteiger partial charge in [0.05, 0.1) is 33.0 Å². The summed E-state index contributed by atoms with van der Waals surface area (Å²) in [4.78, 5) is 16.4. The van der Waals surface area contributed by atoms with E-state index in [0.717, 1.165) is 67.4 Å². The topological polar surface area (TPSA) is 81.6 Å². The Bertz CT molecular complexity index is 1000. The molecule has 0 atom stereocenters. The van der Waals surface area contributed by atoms with E-state index in [9.17, 15) is 0 Å². The first-order valence-electron chi connectivity index (χ1n) is 10.2. The minimum Gasteiger partial charge on any atom is -0.493 e. The van der Waals surface area contributed by atoms with Gasteiger partial charge in [-0.15, -0.1) is 0 Å². The van der Waals surface area contributed by atoms with E-state index >= 15 is 0 Å². The first kappa shape index (κ1) is 20.2. The summed E-state index contributed by atoms with van der Waals surface area (Å²) in [5, 5.41) is 4.30. The van der Waals surface area contributed by atoms with Gasteiger partial charge < -0.3 is 24.4 Å². The maximum absolute atomic E-state index is 5.46. The Balaban J connectivity index is 1.74. The third kappa shape index (κ3) is 4.09. The van der Waals surface area contributed by atoms with Crippen molar-refractivity contribution < 1.29 is 14.2 Å². The van der Waals surface area contributed by atoms with Crippen molar-refractivity contribution in [2.24, 2.45) is 0 Å². The number of rotatable bonds is 7. The molecule has 0 bridgehead atoms. The number of aromatic nitrogens is 3. The Labute approximate surface area is 176 Å². The smallest absolute Gasteiger partial charge is 0.163 e. The van der Waals surface area contributed by atoms with Gasteiger partial charge >= 0.3 is 0 Å². The van der Waals surface area contributed by atoms with Crippen LogP contribution in [0.4, 0.5) is 11.6 Å². The van der Waals surface area contributed by atoms with Gasteiger partial charge in [0.15, 0.2) is 17.3 Å². The zero-order valence-electron chi connectivity index (χ0n) is 17.6. The van der Waals surface area contributed by atoms with Crippen LogP contribution in [0.15, 0.2) is 30.5 Å². The molecule has 3 aromatic rings. The highest BCUT2D eigenvalue weighted by Crippen LogP contribution is 2.35. The molecule has 1 aromatic carbocycles. The lowest BCUT2D eigenvalue weighted by Crippen LogP contribution is -2.36. The van der Waals surface area contributed by atoms with Crippen LogP contribution in [0.3, 0.4) is 0 Å². The number of morpholine rings is 1. The van der Waals surface area contributed by atoms with Crippen LogP contribution in [0, 0.1) is 0 Å². The van der Waals surface area contributed by atoms with Crippen LogP contribution in [0.5, 0.6) is 11.5 Å². The summed E-state index contributed by atoms with van der Waals surface area (Å²) < 4.78 is 16.3. The predicted molar refractivity (Wildman–Crippen MR) is 118 cm³/mol. The van der Waals surface area contributed by atoms with E-state index in [2.05, 4.69) is 22.1 Å². The lowest BCUT2D eigenvalue weighted by Gasteiger charge is -2.27. The molecule has 2 aromatic heterocycles. The van der Waals surface area contributed by atoms with Crippen LogP contribution in [-0.4, -0.2) is 62.0 Å². The average molecular weight is 409 g/mol. The van der Waals surface area contributed by atoms with Crippen LogP contribution in [0.2, 0.25) is 0 Å². The van der Waals surface area contributed by atoms with Crippen molar-refractivity contribution in [1.82, 2.24) is 15.0 Å². The standard InChI is InChI=1S/C22H27N5O3/c1-4-7-23-22-16-12-18(28-2)19(29-3)13-17(16)25-21(26-22)15-5-6-20(24-14-15)27-8-10-30-11-9-27/h5-6,12-14H,4,7-11H2,1-3H3,(H,23,25,26). The van der Waals surface area contributed by atoms with Gasteiger partial charge in [-0.2, -0.15) is 0 Å². The van der Waals surface area contributed by atoms with E-state index in [1.54, 1.807) is 14.2 Å². The summed E-state index contributed by atoms with van der Waals surface area (Å²) in [6, 6.07) is 7.83. The van der Waals surface area contributed by atoms with Gasteiger partial charge in [-0.1, -0.05) is 6.92 Å². The molecule has 1 N–H and O–H groups in total. The predicted octanol–water partition coefficient (Wildman–Crippen LogP) is 3.37. The Morgan fingerprint density at radius 2 is 1.83 bits per heavy atom. The number of ether oxygens (including phenoxy) is 3. The molecule has 0 spiro atoms. The third-order valence-electron chi connectivity index (χ3n) is 5.08. The molecule has 1 aliphatic heterocycles. The Morgan fingerprint density at radius 1 is 1.07 bits per heavy atom. The number of hydrogen-bond donors (Lipinski definition) is 1. The molecule has 0 aliphatic carbocycles. The first-order valence-corrected chi connectivity index (χ1v) is 10.2. The zero-order valence-corrected chi connectivity index (χ0v) is 17.6. The Morgan fingerprint density at radius 3 is 2.50 bits per heavy atom. The van der Waals surface area contributed by atoms with Crippen LogP contribution in [-0.2, 0) is 4.74 Å². The molecule has 0 amide bonds. The summed E-state index contributed by atoms with van der Waals surface area (Å²) in [6.07, 6.45) is 2.82.